The van der Waals surface area contributed by atoms with Gasteiger partial charge in [-0.3, -0.25) is 0 Å². The van der Waals surface area contributed by atoms with Crippen molar-refractivity contribution in [2.75, 3.05) is 6.73 Å². The zero-order chi connectivity index (χ0) is 4.41. The van der Waals surface area contributed by atoms with Crippen LogP contribution >= 0.6 is 12.2 Å². The predicted octanol–water partition coefficient (Wildman–Crippen LogP) is 0.711. The third-order valence-corrected chi connectivity index (χ3v) is 0.598. The Bertz CT molecular complexity index is 99.7. The molecule has 0 amide bonds. The van der Waals surface area contributed by atoms with Gasteiger partial charge in [0.2, 0.25) is 6.73 Å². The van der Waals surface area contributed by atoms with E-state index in [1.54, 1.807) is 0 Å². The van der Waals surface area contributed by atoms with E-state index in [-0.39, 0.29) is 5.17 Å². The van der Waals surface area contributed by atoms with Gasteiger partial charge in [0.15, 0.2) is 0 Å². The van der Waals surface area contributed by atoms with Crippen molar-refractivity contribution in [2.45, 2.75) is 0 Å². The van der Waals surface area contributed by atoms with Crippen LogP contribution in [-0.2, 0) is 4.74 Å². The van der Waals surface area contributed by atoms with Gasteiger partial charge in [-0.15, -0.1) is 10.2 Å². The zero-order valence-corrected chi connectivity index (χ0v) is 3.73. The fourth-order valence-electron chi connectivity index (χ4n) is 0.200. The average molecular weight is 102 g/mol. The molecule has 32 valence electrons. The van der Waals surface area contributed by atoms with Crippen LogP contribution in [0.5, 0.6) is 0 Å². The number of ether oxygens (including phenoxy) is 1. The minimum absolute atomic E-state index is 0.245. The van der Waals surface area contributed by atoms with E-state index in [9.17, 15) is 0 Å². The fraction of sp³-hybridized carbons (Fsp3) is 0.500. The third-order valence-electron chi connectivity index (χ3n) is 0.398. The Morgan fingerprint density at radius 2 is 2.67 bits per heavy atom. The van der Waals surface area contributed by atoms with E-state index in [1.165, 1.54) is 0 Å². The number of hydrogen-bond acceptors (Lipinski definition) is 3. The highest BCUT2D eigenvalue weighted by molar-refractivity contribution is 7.80. The molecule has 3 nitrogen and oxygen atoms in total. The van der Waals surface area contributed by atoms with E-state index < -0.39 is 0 Å². The van der Waals surface area contributed by atoms with Crippen molar-refractivity contribution in [1.82, 2.24) is 0 Å². The molecule has 0 unspecified atom stereocenters. The van der Waals surface area contributed by atoms with E-state index in [4.69, 9.17) is 0 Å². The van der Waals surface area contributed by atoms with Gasteiger partial charge in [0, 0.05) is 0 Å². The van der Waals surface area contributed by atoms with Gasteiger partial charge in [-0.1, -0.05) is 0 Å². The van der Waals surface area contributed by atoms with Gasteiger partial charge in [-0.25, -0.2) is 0 Å². The standard InChI is InChI=1S/C2H2N2OS/c6-2-4-3-1-5-2/h1H2. The maximum absolute atomic E-state index is 4.55. The molecule has 0 bridgehead atoms. The Labute approximate surface area is 40.0 Å². The second kappa shape index (κ2) is 1.30. The molecule has 0 aromatic rings. The van der Waals surface area contributed by atoms with Gasteiger partial charge in [0.05, 0.1) is 0 Å². The van der Waals surface area contributed by atoms with Gasteiger partial charge in [-0.05, 0) is 12.2 Å². The molecule has 0 spiro atoms. The van der Waals surface area contributed by atoms with Gasteiger partial charge in [0.25, 0.3) is 0 Å². The molecule has 0 aliphatic carbocycles. The molecular formula is C2H2N2OS. The first-order chi connectivity index (χ1) is 2.89. The normalized spacial score (nSPS) is 18.3. The second-order valence-electron chi connectivity index (χ2n) is 0.781. The quantitative estimate of drug-likeness (QED) is 0.422. The summed E-state index contributed by atoms with van der Waals surface area (Å²) in [5.41, 5.74) is 0. The molecule has 0 atom stereocenters. The van der Waals surface area contributed by atoms with Crippen LogP contribution in [0.15, 0.2) is 10.2 Å². The number of hydrogen-bond donors (Lipinski definition) is 0. The number of rotatable bonds is 0. The Morgan fingerprint density at radius 3 is 2.83 bits per heavy atom. The average Bonchev–Trinajstić information content (AvgIpc) is 1.86. The summed E-state index contributed by atoms with van der Waals surface area (Å²) in [4.78, 5) is 0. The molecule has 1 aliphatic heterocycles. The first kappa shape index (κ1) is 3.67. The lowest BCUT2D eigenvalue weighted by Gasteiger charge is -1.79. The zero-order valence-electron chi connectivity index (χ0n) is 2.92. The number of thiocarbonyl (C=S) groups is 1. The monoisotopic (exact) mass is 102 g/mol. The van der Waals surface area contributed by atoms with Crippen LogP contribution in [-0.4, -0.2) is 11.9 Å². The Hall–Kier alpha value is -0.510. The van der Waals surface area contributed by atoms with Crippen molar-refractivity contribution in [1.29, 1.82) is 0 Å². The van der Waals surface area contributed by atoms with Gasteiger partial charge < -0.3 is 4.74 Å². The summed E-state index contributed by atoms with van der Waals surface area (Å²) in [5.74, 6) is 0. The Balaban J connectivity index is 2.59. The lowest BCUT2D eigenvalue weighted by molar-refractivity contribution is 0.347. The second-order valence-corrected chi connectivity index (χ2v) is 1.13. The van der Waals surface area contributed by atoms with E-state index >= 15 is 0 Å². The minimum atomic E-state index is 0.245. The van der Waals surface area contributed by atoms with Crippen LogP contribution in [0, 0.1) is 0 Å². The van der Waals surface area contributed by atoms with E-state index in [0.717, 1.165) is 0 Å². The number of azo groups is 1. The predicted molar refractivity (Wildman–Crippen MR) is 23.4 cm³/mol. The summed E-state index contributed by atoms with van der Waals surface area (Å²) in [6, 6.07) is 0. The summed E-state index contributed by atoms with van der Waals surface area (Å²) in [5, 5.41) is 7.04. The van der Waals surface area contributed by atoms with Crippen molar-refractivity contribution >= 4 is 17.4 Å². The molecule has 0 saturated carbocycles. The van der Waals surface area contributed by atoms with Crippen LogP contribution in [0.1, 0.15) is 0 Å². The molecule has 0 N–H and O–H groups in total. The maximum atomic E-state index is 4.55. The highest BCUT2D eigenvalue weighted by Gasteiger charge is 1.97. The highest BCUT2D eigenvalue weighted by Crippen LogP contribution is 1.93. The highest BCUT2D eigenvalue weighted by atomic mass is 32.1. The van der Waals surface area contributed by atoms with Crippen LogP contribution < -0.4 is 0 Å². The Morgan fingerprint density at radius 1 is 1.83 bits per heavy atom. The van der Waals surface area contributed by atoms with Crippen molar-refractivity contribution < 1.29 is 4.74 Å². The molecule has 0 saturated heterocycles. The van der Waals surface area contributed by atoms with Crippen LogP contribution in [0.3, 0.4) is 0 Å². The third kappa shape index (κ3) is 0.514. The summed E-state index contributed by atoms with van der Waals surface area (Å²) < 4.78 is 4.55. The summed E-state index contributed by atoms with van der Waals surface area (Å²) in [6.07, 6.45) is 0. The Kier molecular flexibility index (Phi) is 0.795. The molecule has 1 heterocycles. The largest absolute Gasteiger partial charge is 0.443 e. The van der Waals surface area contributed by atoms with Crippen molar-refractivity contribution in [3.63, 3.8) is 0 Å². The first-order valence-corrected chi connectivity index (χ1v) is 1.85. The molecule has 4 heteroatoms. The van der Waals surface area contributed by atoms with E-state index in [2.05, 4.69) is 27.2 Å². The summed E-state index contributed by atoms with van der Waals surface area (Å²) >= 11 is 4.44. The van der Waals surface area contributed by atoms with Gasteiger partial charge >= 0.3 is 5.17 Å². The van der Waals surface area contributed by atoms with E-state index in [1.807, 2.05) is 0 Å². The fourth-order valence-corrected chi connectivity index (χ4v) is 0.310. The first-order valence-electron chi connectivity index (χ1n) is 1.44. The molecule has 0 radical (unpaired) electrons. The van der Waals surface area contributed by atoms with Crippen LogP contribution in [0.2, 0.25) is 0 Å². The van der Waals surface area contributed by atoms with Gasteiger partial charge in [-0.2, -0.15) is 0 Å². The minimum Gasteiger partial charge on any atom is -0.443 e. The van der Waals surface area contributed by atoms with Crippen molar-refractivity contribution in [3.05, 3.63) is 0 Å². The smallest absolute Gasteiger partial charge is 0.304 e. The van der Waals surface area contributed by atoms with Crippen molar-refractivity contribution in [3.8, 4) is 0 Å². The molecule has 0 aromatic heterocycles. The molecule has 0 aromatic carbocycles. The molecule has 1 rings (SSSR count). The van der Waals surface area contributed by atoms with E-state index in [0.29, 0.717) is 6.73 Å². The topological polar surface area (TPSA) is 34.0 Å². The van der Waals surface area contributed by atoms with Crippen LogP contribution in [0.4, 0.5) is 0 Å². The lowest BCUT2D eigenvalue weighted by atomic mass is 11.3. The number of nitrogens with zero attached hydrogens (tertiary/aromatic N) is 2. The molecule has 6 heavy (non-hydrogen) atoms. The molecule has 0 fully saturated rings. The lowest BCUT2D eigenvalue weighted by Crippen LogP contribution is -1.85. The SMILES string of the molecule is S=C1N=NCO1. The van der Waals surface area contributed by atoms with Gasteiger partial charge in [0.1, 0.15) is 0 Å². The molecular weight excluding hydrogens is 100 g/mol. The van der Waals surface area contributed by atoms with Crippen LogP contribution in [0.25, 0.3) is 0 Å². The van der Waals surface area contributed by atoms with Crippen molar-refractivity contribution in [2.24, 2.45) is 10.2 Å². The summed E-state index contributed by atoms with van der Waals surface area (Å²) in [6.45, 7) is 0.304. The summed E-state index contributed by atoms with van der Waals surface area (Å²) in [7, 11) is 0. The molecule has 1 aliphatic rings. The maximum Gasteiger partial charge on any atom is 0.304 e.